The first-order valence-electron chi connectivity index (χ1n) is 19.1. The average Bonchev–Trinajstić information content (AvgIpc) is 3.29. The van der Waals surface area contributed by atoms with Crippen molar-refractivity contribution in [1.82, 2.24) is 0 Å². The molecule has 2 aliphatic rings. The summed E-state index contributed by atoms with van der Waals surface area (Å²) in [4.78, 5) is 87.3. The molecular formula is C43H30N6O18S2. The summed E-state index contributed by atoms with van der Waals surface area (Å²) in [5.41, 5.74) is 1.57. The van der Waals surface area contributed by atoms with E-state index in [1.54, 1.807) is 0 Å². The largest absolute Gasteiger partial charge is 0.494 e. The summed E-state index contributed by atoms with van der Waals surface area (Å²) in [7, 11) is -7.82. The number of carboxylic acids is 2. The molecule has 7 rings (SSSR count). The molecule has 69 heavy (non-hydrogen) atoms. The van der Waals surface area contributed by atoms with Crippen LogP contribution in [0.5, 0.6) is 11.5 Å². The van der Waals surface area contributed by atoms with E-state index in [2.05, 4.69) is 31.7 Å². The van der Waals surface area contributed by atoms with Crippen LogP contribution in [-0.2, 0) is 20.2 Å². The summed E-state index contributed by atoms with van der Waals surface area (Å²) < 4.78 is 85.6. The Labute approximate surface area is 386 Å². The van der Waals surface area contributed by atoms with Gasteiger partial charge >= 0.3 is 11.9 Å². The van der Waals surface area contributed by atoms with Crippen LogP contribution < -0.4 is 36.4 Å². The number of carboxylic acid groups (broad SMARTS) is 2. The number of rotatable bonds is 14. The molecule has 26 heteroatoms. The Hall–Kier alpha value is -9.11. The van der Waals surface area contributed by atoms with Crippen LogP contribution in [0.15, 0.2) is 114 Å². The molecule has 24 nitrogen and oxygen atoms in total. The molecule has 5 aromatic rings. The van der Waals surface area contributed by atoms with E-state index in [4.69, 9.17) is 13.9 Å². The molecule has 0 atom stereocenters. The Morgan fingerprint density at radius 1 is 0.565 bits per heavy atom. The van der Waals surface area contributed by atoms with Gasteiger partial charge in [-0.1, -0.05) is 0 Å². The molecule has 8 N–H and O–H groups in total. The van der Waals surface area contributed by atoms with Gasteiger partial charge < -0.3 is 34.7 Å². The van der Waals surface area contributed by atoms with Crippen LogP contribution in [0.1, 0.15) is 73.7 Å². The van der Waals surface area contributed by atoms with E-state index in [1.165, 1.54) is 62.8 Å². The van der Waals surface area contributed by atoms with E-state index in [0.717, 1.165) is 48.6 Å². The van der Waals surface area contributed by atoms with Gasteiger partial charge in [0.1, 0.15) is 21.3 Å². The van der Waals surface area contributed by atoms with Gasteiger partial charge in [0.25, 0.3) is 32.1 Å². The topological polar surface area (TPSA) is 373 Å². The Balaban J connectivity index is 1.09. The second kappa shape index (κ2) is 18.6. The maximum absolute atomic E-state index is 13.5. The van der Waals surface area contributed by atoms with Crippen LogP contribution in [0.3, 0.4) is 0 Å². The number of Topliss-reactive ketones (excluding diaryl/α,β-unsaturated/α-hetero) is 2. The molecule has 1 heterocycles. The first-order valence-corrected chi connectivity index (χ1v) is 22.0. The fraction of sp³-hybridized carbons (Fsp3) is 0.0465. The zero-order chi connectivity index (χ0) is 50.1. The lowest BCUT2D eigenvalue weighted by Gasteiger charge is -2.18. The van der Waals surface area contributed by atoms with Crippen LogP contribution >= 0.6 is 0 Å². The SMILES string of the molecule is COc1cc(C(=O)O)ccc1N/N=C1\C(=O)c2ccc(NC(=O)c3cc(=O)cc(C(=O)Nc4ccc5c(c4)C=C(S(=O)(=O)O)/C(=N/Nc4ccc(C(=O)O)cc4OC)C5=O)o3)cc2C=C1S(=O)(=O)O. The molecular weight excluding hydrogens is 953 g/mol. The summed E-state index contributed by atoms with van der Waals surface area (Å²) in [5.74, 6) is -8.18. The van der Waals surface area contributed by atoms with E-state index >= 15 is 0 Å². The third kappa shape index (κ3) is 10.2. The Morgan fingerprint density at radius 3 is 1.30 bits per heavy atom. The summed E-state index contributed by atoms with van der Waals surface area (Å²) in [6, 6.07) is 15.8. The molecule has 0 aliphatic heterocycles. The second-order valence-corrected chi connectivity index (χ2v) is 17.0. The molecule has 0 unspecified atom stereocenters. The summed E-state index contributed by atoms with van der Waals surface area (Å²) in [6.45, 7) is 0. The number of hydrazone groups is 2. The first kappa shape index (κ1) is 47.8. The number of carbonyl (C=O) groups is 6. The van der Waals surface area contributed by atoms with E-state index < -0.39 is 93.7 Å². The average molecular weight is 983 g/mol. The highest BCUT2D eigenvalue weighted by atomic mass is 32.2. The fourth-order valence-corrected chi connectivity index (χ4v) is 7.91. The first-order chi connectivity index (χ1) is 32.6. The monoisotopic (exact) mass is 982 g/mol. The van der Waals surface area contributed by atoms with Crippen molar-refractivity contribution in [3.05, 3.63) is 150 Å². The minimum absolute atomic E-state index is 0.0295. The van der Waals surface area contributed by atoms with Crippen molar-refractivity contribution >= 4 is 102 Å². The van der Waals surface area contributed by atoms with Gasteiger partial charge in [0.2, 0.25) is 11.6 Å². The van der Waals surface area contributed by atoms with E-state index in [-0.39, 0.29) is 67.6 Å². The molecule has 352 valence electrons. The van der Waals surface area contributed by atoms with Crippen molar-refractivity contribution in [3.63, 3.8) is 0 Å². The van der Waals surface area contributed by atoms with Gasteiger partial charge in [-0.25, -0.2) is 9.59 Å². The number of allylic oxidation sites excluding steroid dienone is 2. The summed E-state index contributed by atoms with van der Waals surface area (Å²) in [6.07, 6.45) is 1.78. The van der Waals surface area contributed by atoms with Crippen molar-refractivity contribution in [3.8, 4) is 11.5 Å². The second-order valence-electron chi connectivity index (χ2n) is 14.2. The van der Waals surface area contributed by atoms with Gasteiger partial charge in [0.15, 0.2) is 28.4 Å². The molecule has 0 saturated heterocycles. The number of anilines is 4. The van der Waals surface area contributed by atoms with Gasteiger partial charge in [-0.05, 0) is 96.1 Å². The quantitative estimate of drug-likeness (QED) is 0.0566. The number of ketones is 2. The third-order valence-electron chi connectivity index (χ3n) is 9.82. The van der Waals surface area contributed by atoms with Crippen molar-refractivity contribution in [2.75, 3.05) is 35.7 Å². The standard InChI is InChI=1S/C43H30N6O18S2/c1-65-30-13-19(42(55)56)3-9-28(30)46-48-36-34(68(59,60)61)15-21-11-23(5-7-26(21)38(36)51)44-40(53)32-17-25(50)18-33(67-32)41(54)45-24-6-8-27-22(12-24)16-35(69(62,63)64)37(39(27)52)49-47-29-10-4-20(43(57)58)14-31(29)66-2/h3-18,46-47H,1-2H3,(H,44,53)(H,45,54)(H,55,56)(H,57,58)(H,59,60,61)(H,62,63,64)/b48-36-,49-37-. The lowest BCUT2D eigenvalue weighted by atomic mass is 9.94. The normalized spacial score (nSPS) is 14.4. The van der Waals surface area contributed by atoms with E-state index in [9.17, 15) is 69.7 Å². The van der Waals surface area contributed by atoms with Crippen LogP contribution in [0.2, 0.25) is 0 Å². The predicted octanol–water partition coefficient (Wildman–Crippen LogP) is 4.34. The highest BCUT2D eigenvalue weighted by Gasteiger charge is 2.35. The molecule has 1 aromatic heterocycles. The molecule has 0 spiro atoms. The van der Waals surface area contributed by atoms with Crippen LogP contribution in [0.4, 0.5) is 22.7 Å². The summed E-state index contributed by atoms with van der Waals surface area (Å²) in [5, 5.41) is 31.0. The van der Waals surface area contributed by atoms with Crippen molar-refractivity contribution in [2.24, 2.45) is 10.2 Å². The van der Waals surface area contributed by atoms with Crippen molar-refractivity contribution in [1.29, 1.82) is 0 Å². The number of methoxy groups -OCH3 is 2. The lowest BCUT2D eigenvalue weighted by molar-refractivity contribution is 0.0686. The van der Waals surface area contributed by atoms with Gasteiger partial charge in [-0.3, -0.25) is 43.9 Å². The highest BCUT2D eigenvalue weighted by molar-refractivity contribution is 7.91. The van der Waals surface area contributed by atoms with Gasteiger partial charge in [0.05, 0.1) is 36.7 Å². The molecule has 2 amide bonds. The van der Waals surface area contributed by atoms with Gasteiger partial charge in [0, 0.05) is 34.6 Å². The molecule has 0 fully saturated rings. The molecule has 0 radical (unpaired) electrons. The third-order valence-corrected chi connectivity index (χ3v) is 11.6. The number of benzene rings is 4. The number of hydrogen-bond acceptors (Lipinski definition) is 18. The minimum atomic E-state index is -5.13. The zero-order valence-corrected chi connectivity index (χ0v) is 36.6. The molecule has 2 aliphatic carbocycles. The highest BCUT2D eigenvalue weighted by Crippen LogP contribution is 2.32. The number of nitrogens with zero attached hydrogens (tertiary/aromatic N) is 2. The number of carbonyl (C=O) groups excluding carboxylic acids is 4. The molecule has 0 bridgehead atoms. The predicted molar refractivity (Wildman–Crippen MR) is 244 cm³/mol. The maximum Gasteiger partial charge on any atom is 0.335 e. The van der Waals surface area contributed by atoms with Gasteiger partial charge in [-0.2, -0.15) is 27.0 Å². The number of amides is 2. The van der Waals surface area contributed by atoms with Crippen molar-refractivity contribution < 1.29 is 78.8 Å². The Morgan fingerprint density at radius 2 is 0.957 bits per heavy atom. The molecule has 4 aromatic carbocycles. The minimum Gasteiger partial charge on any atom is -0.494 e. The van der Waals surface area contributed by atoms with E-state index in [0.29, 0.717) is 0 Å². The number of aromatic carboxylic acids is 2. The number of fused-ring (bicyclic) bond motifs is 2. The molecule has 0 saturated carbocycles. The fourth-order valence-electron chi connectivity index (χ4n) is 6.59. The van der Waals surface area contributed by atoms with Crippen molar-refractivity contribution in [2.45, 2.75) is 0 Å². The smallest absolute Gasteiger partial charge is 0.335 e. The van der Waals surface area contributed by atoms with Crippen LogP contribution in [-0.4, -0.2) is 97.1 Å². The maximum atomic E-state index is 13.5. The number of hydrogen-bond donors (Lipinski definition) is 8. The van der Waals surface area contributed by atoms with Crippen LogP contribution in [0.25, 0.3) is 12.2 Å². The number of ether oxygens (including phenoxy) is 2. The van der Waals surface area contributed by atoms with Gasteiger partial charge in [-0.15, -0.1) is 0 Å². The summed E-state index contributed by atoms with van der Waals surface area (Å²) >= 11 is 0. The lowest BCUT2D eigenvalue weighted by Crippen LogP contribution is -2.27. The van der Waals surface area contributed by atoms with Crippen LogP contribution in [0, 0.1) is 0 Å². The Bertz CT molecular complexity index is 3310. The zero-order valence-electron chi connectivity index (χ0n) is 35.0. The Kier molecular flexibility index (Phi) is 12.9. The number of nitrogens with one attached hydrogen (secondary N) is 4. The van der Waals surface area contributed by atoms with E-state index in [1.807, 2.05) is 0 Å².